The van der Waals surface area contributed by atoms with Crippen LogP contribution < -0.4 is 5.32 Å². The number of halogens is 3. The molecule has 0 saturated carbocycles. The summed E-state index contributed by atoms with van der Waals surface area (Å²) in [6, 6.07) is 8.34. The minimum atomic E-state index is -4.45. The highest BCUT2D eigenvalue weighted by molar-refractivity contribution is 5.77. The molecule has 2 aromatic heterocycles. The van der Waals surface area contributed by atoms with Crippen LogP contribution in [0.15, 0.2) is 47.1 Å². The maximum absolute atomic E-state index is 12.9. The number of alkyl halides is 3. The van der Waals surface area contributed by atoms with Crippen LogP contribution in [-0.2, 0) is 11.0 Å². The first kappa shape index (κ1) is 19.9. The molecule has 1 aliphatic rings. The lowest BCUT2D eigenvalue weighted by Crippen LogP contribution is -2.43. The van der Waals surface area contributed by atoms with Gasteiger partial charge in [0.05, 0.1) is 11.1 Å². The van der Waals surface area contributed by atoms with Gasteiger partial charge in [0.15, 0.2) is 0 Å². The number of anilines is 1. The van der Waals surface area contributed by atoms with Crippen molar-refractivity contribution in [2.24, 2.45) is 0 Å². The second-order valence-electron chi connectivity index (χ2n) is 7.09. The summed E-state index contributed by atoms with van der Waals surface area (Å²) in [5.74, 6) is 0.992. The van der Waals surface area contributed by atoms with Crippen molar-refractivity contribution < 1.29 is 22.5 Å². The van der Waals surface area contributed by atoms with Gasteiger partial charge in [-0.25, -0.2) is 4.98 Å². The molecule has 0 spiro atoms. The summed E-state index contributed by atoms with van der Waals surface area (Å²) >= 11 is 0. The number of likely N-dealkylation sites (N-methyl/N-ethyl adjacent to an activating group) is 1. The second kappa shape index (κ2) is 7.77. The molecule has 1 saturated heterocycles. The number of carbonyl (C=O) groups is 1. The number of hydrogen-bond donors (Lipinski definition) is 1. The van der Waals surface area contributed by atoms with Crippen molar-refractivity contribution in [3.05, 3.63) is 48.2 Å². The smallest absolute Gasteiger partial charge is 0.366 e. The fraction of sp³-hybridized carbons (Fsp3) is 0.300. The fourth-order valence-corrected chi connectivity index (χ4v) is 3.24. The van der Waals surface area contributed by atoms with Gasteiger partial charge in [0, 0.05) is 37.8 Å². The molecule has 30 heavy (non-hydrogen) atoms. The van der Waals surface area contributed by atoms with Gasteiger partial charge in [0.2, 0.25) is 11.7 Å². The van der Waals surface area contributed by atoms with E-state index in [4.69, 9.17) is 4.52 Å². The minimum absolute atomic E-state index is 0.0632. The van der Waals surface area contributed by atoms with Gasteiger partial charge in [0.1, 0.15) is 5.82 Å². The van der Waals surface area contributed by atoms with E-state index >= 15 is 0 Å². The predicted molar refractivity (Wildman–Crippen MR) is 102 cm³/mol. The maximum atomic E-state index is 12.9. The zero-order chi connectivity index (χ0) is 21.3. The van der Waals surface area contributed by atoms with Gasteiger partial charge in [0.25, 0.3) is 5.89 Å². The first-order valence-corrected chi connectivity index (χ1v) is 9.28. The largest absolute Gasteiger partial charge is 0.416 e. The first-order valence-electron chi connectivity index (χ1n) is 9.28. The van der Waals surface area contributed by atoms with Gasteiger partial charge in [-0.1, -0.05) is 17.3 Å². The first-order chi connectivity index (χ1) is 14.3. The third-order valence-electron chi connectivity index (χ3n) is 4.86. The lowest BCUT2D eigenvalue weighted by molar-refractivity contribution is -0.137. The van der Waals surface area contributed by atoms with E-state index in [1.807, 2.05) is 0 Å². The Morgan fingerprint density at radius 1 is 1.20 bits per heavy atom. The van der Waals surface area contributed by atoms with E-state index in [1.165, 1.54) is 12.1 Å². The van der Waals surface area contributed by atoms with Crippen molar-refractivity contribution >= 4 is 11.7 Å². The minimum Gasteiger partial charge on any atom is -0.366 e. The van der Waals surface area contributed by atoms with Gasteiger partial charge in [-0.3, -0.25) is 4.79 Å². The SMILES string of the molecule is CN1C[C@H](Nc2ccc(-c3nc(-c4cccc(C(F)(F)F)c4)no3)cn2)CCC1=O. The van der Waals surface area contributed by atoms with E-state index in [1.54, 1.807) is 30.3 Å². The summed E-state index contributed by atoms with van der Waals surface area (Å²) in [6.45, 7) is 0.603. The van der Waals surface area contributed by atoms with Crippen LogP contribution in [0.3, 0.4) is 0 Å². The number of hydrogen-bond acceptors (Lipinski definition) is 6. The van der Waals surface area contributed by atoms with Gasteiger partial charge in [-0.05, 0) is 30.7 Å². The van der Waals surface area contributed by atoms with Crippen LogP contribution >= 0.6 is 0 Å². The third kappa shape index (κ3) is 4.27. The second-order valence-corrected chi connectivity index (χ2v) is 7.09. The number of nitrogens with zero attached hydrogens (tertiary/aromatic N) is 4. The molecule has 1 amide bonds. The average molecular weight is 417 g/mol. The van der Waals surface area contributed by atoms with Crippen molar-refractivity contribution in [1.29, 1.82) is 0 Å². The van der Waals surface area contributed by atoms with Gasteiger partial charge < -0.3 is 14.7 Å². The standard InChI is InChI=1S/C20H18F3N5O2/c1-28-11-15(6-8-17(28)29)25-16-7-5-13(10-24-16)19-26-18(27-30-19)12-3-2-4-14(9-12)20(21,22)23/h2-5,7,9-10,15H,6,8,11H2,1H3,(H,24,25)/t15-/m1/s1. The third-order valence-corrected chi connectivity index (χ3v) is 4.86. The van der Waals surface area contributed by atoms with Crippen LogP contribution in [0.2, 0.25) is 0 Å². The Morgan fingerprint density at radius 2 is 2.03 bits per heavy atom. The average Bonchev–Trinajstić information content (AvgIpc) is 3.21. The van der Waals surface area contributed by atoms with Crippen LogP contribution in [0.4, 0.5) is 19.0 Å². The predicted octanol–water partition coefficient (Wildman–Crippen LogP) is 3.85. The van der Waals surface area contributed by atoms with E-state index in [-0.39, 0.29) is 29.2 Å². The number of pyridine rings is 1. The molecule has 1 fully saturated rings. The van der Waals surface area contributed by atoms with E-state index < -0.39 is 11.7 Å². The zero-order valence-corrected chi connectivity index (χ0v) is 16.0. The maximum Gasteiger partial charge on any atom is 0.416 e. The molecule has 0 aliphatic carbocycles. The number of likely N-dealkylation sites (tertiary alicyclic amines) is 1. The molecule has 0 radical (unpaired) electrons. The highest BCUT2D eigenvalue weighted by Crippen LogP contribution is 2.32. The van der Waals surface area contributed by atoms with E-state index in [2.05, 4.69) is 20.4 Å². The van der Waals surface area contributed by atoms with Crippen LogP contribution in [-0.4, -0.2) is 45.6 Å². The van der Waals surface area contributed by atoms with Crippen molar-refractivity contribution in [3.8, 4) is 22.8 Å². The quantitative estimate of drug-likeness (QED) is 0.694. The van der Waals surface area contributed by atoms with Gasteiger partial charge in [-0.15, -0.1) is 0 Å². The molecule has 0 bridgehead atoms. The monoisotopic (exact) mass is 417 g/mol. The van der Waals surface area contributed by atoms with Crippen molar-refractivity contribution in [2.75, 3.05) is 18.9 Å². The van der Waals surface area contributed by atoms with Crippen LogP contribution in [0.1, 0.15) is 18.4 Å². The van der Waals surface area contributed by atoms with Crippen LogP contribution in [0.5, 0.6) is 0 Å². The van der Waals surface area contributed by atoms with Gasteiger partial charge in [-0.2, -0.15) is 18.2 Å². The Labute approximate surface area is 169 Å². The Bertz CT molecular complexity index is 1050. The topological polar surface area (TPSA) is 84.2 Å². The molecule has 3 heterocycles. The van der Waals surface area contributed by atoms with E-state index in [0.29, 0.717) is 24.3 Å². The summed E-state index contributed by atoms with van der Waals surface area (Å²) in [6.07, 6.45) is -1.68. The van der Waals surface area contributed by atoms with Crippen LogP contribution in [0, 0.1) is 0 Å². The number of aromatic nitrogens is 3. The molecular weight excluding hydrogens is 399 g/mol. The number of amides is 1. The number of piperidine rings is 1. The molecule has 7 nitrogen and oxygen atoms in total. The highest BCUT2D eigenvalue weighted by atomic mass is 19.4. The normalized spacial score (nSPS) is 17.3. The molecule has 1 atom stereocenters. The molecular formula is C20H18F3N5O2. The summed E-state index contributed by atoms with van der Waals surface area (Å²) in [5, 5.41) is 7.07. The van der Waals surface area contributed by atoms with E-state index in [9.17, 15) is 18.0 Å². The molecule has 10 heteroatoms. The number of rotatable bonds is 4. The van der Waals surface area contributed by atoms with Gasteiger partial charge >= 0.3 is 6.18 Å². The van der Waals surface area contributed by atoms with Crippen molar-refractivity contribution in [1.82, 2.24) is 20.0 Å². The van der Waals surface area contributed by atoms with Crippen LogP contribution in [0.25, 0.3) is 22.8 Å². The Kier molecular flexibility index (Phi) is 5.15. The molecule has 0 unspecified atom stereocenters. The molecule has 1 aromatic carbocycles. The molecule has 1 N–H and O–H groups in total. The summed E-state index contributed by atoms with van der Waals surface area (Å²) in [5.41, 5.74) is -0.0252. The molecule has 4 rings (SSSR count). The Morgan fingerprint density at radius 3 is 2.73 bits per heavy atom. The number of benzene rings is 1. The fourth-order valence-electron chi connectivity index (χ4n) is 3.24. The molecule has 156 valence electrons. The lowest BCUT2D eigenvalue weighted by atomic mass is 10.1. The van der Waals surface area contributed by atoms with Crippen molar-refractivity contribution in [3.63, 3.8) is 0 Å². The highest BCUT2D eigenvalue weighted by Gasteiger charge is 2.31. The number of nitrogens with one attached hydrogen (secondary N) is 1. The number of carbonyl (C=O) groups excluding carboxylic acids is 1. The molecule has 3 aromatic rings. The Balaban J connectivity index is 1.47. The van der Waals surface area contributed by atoms with Crippen molar-refractivity contribution in [2.45, 2.75) is 25.1 Å². The summed E-state index contributed by atoms with van der Waals surface area (Å²) in [7, 11) is 1.77. The Hall–Kier alpha value is -3.43. The molecule has 1 aliphatic heterocycles. The van der Waals surface area contributed by atoms with E-state index in [0.717, 1.165) is 18.6 Å². The summed E-state index contributed by atoms with van der Waals surface area (Å²) < 4.78 is 43.9. The summed E-state index contributed by atoms with van der Waals surface area (Å²) in [4.78, 5) is 21.8. The zero-order valence-electron chi connectivity index (χ0n) is 16.0. The lowest BCUT2D eigenvalue weighted by Gasteiger charge is -2.30.